The first-order chi connectivity index (χ1) is 8.83. The van der Waals surface area contributed by atoms with Gasteiger partial charge in [-0.05, 0) is 26.2 Å². The Morgan fingerprint density at radius 1 is 1.21 bits per heavy atom. The highest BCUT2D eigenvalue weighted by molar-refractivity contribution is 6.53. The number of unbranched alkanes of at least 4 members (excludes halogenated alkanes) is 3. The van der Waals surface area contributed by atoms with Crippen molar-refractivity contribution in [2.75, 3.05) is 13.7 Å². The van der Waals surface area contributed by atoms with Gasteiger partial charge in [0.25, 0.3) is 0 Å². The average Bonchev–Trinajstić information content (AvgIpc) is 2.88. The van der Waals surface area contributed by atoms with Crippen LogP contribution in [0.1, 0.15) is 45.4 Å². The number of carbonyl (C=O) groups is 2. The molecule has 1 saturated carbocycles. The van der Waals surface area contributed by atoms with Crippen LogP contribution in [-0.2, 0) is 14.3 Å². The molecule has 0 bridgehead atoms. The summed E-state index contributed by atoms with van der Waals surface area (Å²) in [6.45, 7) is 2.40. The molecular formula is C13H21Cl2NO3. The largest absolute Gasteiger partial charge is 0.469 e. The Morgan fingerprint density at radius 3 is 2.32 bits per heavy atom. The second kappa shape index (κ2) is 6.80. The summed E-state index contributed by atoms with van der Waals surface area (Å²) < 4.78 is 3.65. The predicted molar refractivity (Wildman–Crippen MR) is 75.3 cm³/mol. The number of nitrogens with one attached hydrogen (secondary N) is 1. The zero-order chi connectivity index (χ0) is 14.5. The average molecular weight is 310 g/mol. The van der Waals surface area contributed by atoms with E-state index in [4.69, 9.17) is 23.2 Å². The Kier molecular flexibility index (Phi) is 5.93. The van der Waals surface area contributed by atoms with Crippen molar-refractivity contribution in [3.63, 3.8) is 0 Å². The highest BCUT2D eigenvalue weighted by atomic mass is 35.5. The third-order valence-electron chi connectivity index (χ3n) is 3.58. The van der Waals surface area contributed by atoms with Gasteiger partial charge in [-0.3, -0.25) is 9.59 Å². The van der Waals surface area contributed by atoms with Crippen molar-refractivity contribution >= 4 is 35.1 Å². The van der Waals surface area contributed by atoms with Crippen LogP contribution in [0.15, 0.2) is 0 Å². The lowest BCUT2D eigenvalue weighted by molar-refractivity contribution is -0.140. The summed E-state index contributed by atoms with van der Waals surface area (Å²) in [6, 6.07) is 0. The van der Waals surface area contributed by atoms with Crippen molar-refractivity contribution in [3.05, 3.63) is 0 Å². The first kappa shape index (κ1) is 16.6. The molecule has 1 unspecified atom stereocenters. The van der Waals surface area contributed by atoms with Gasteiger partial charge < -0.3 is 10.1 Å². The molecule has 1 atom stereocenters. The van der Waals surface area contributed by atoms with Crippen LogP contribution in [0, 0.1) is 5.41 Å². The number of carbonyl (C=O) groups excluding carboxylic acids is 2. The molecule has 1 aliphatic rings. The third kappa shape index (κ3) is 4.53. The number of amides is 1. The number of methoxy groups -OCH3 is 1. The maximum atomic E-state index is 11.8. The topological polar surface area (TPSA) is 55.4 Å². The molecule has 4 nitrogen and oxygen atoms in total. The summed E-state index contributed by atoms with van der Waals surface area (Å²) in [7, 11) is 1.39. The van der Waals surface area contributed by atoms with Gasteiger partial charge in [-0.15, -0.1) is 23.2 Å². The van der Waals surface area contributed by atoms with Crippen LogP contribution in [0.2, 0.25) is 0 Å². The van der Waals surface area contributed by atoms with E-state index in [1.165, 1.54) is 7.11 Å². The van der Waals surface area contributed by atoms with Gasteiger partial charge in [0.15, 0.2) is 0 Å². The lowest BCUT2D eigenvalue weighted by Gasteiger charge is -2.12. The van der Waals surface area contributed by atoms with E-state index in [2.05, 4.69) is 10.1 Å². The second-order valence-corrected chi connectivity index (χ2v) is 6.69. The SMILES string of the molecule is COC(=O)CCCCCCNC(=O)C1(C)CC1(Cl)Cl. The van der Waals surface area contributed by atoms with Gasteiger partial charge in [-0.1, -0.05) is 12.8 Å². The number of rotatable bonds is 8. The van der Waals surface area contributed by atoms with Crippen molar-refractivity contribution in [2.45, 2.75) is 49.8 Å². The number of halogens is 2. The number of alkyl halides is 2. The van der Waals surface area contributed by atoms with Crippen molar-refractivity contribution in [1.82, 2.24) is 5.32 Å². The molecule has 0 aliphatic heterocycles. The minimum atomic E-state index is -0.905. The van der Waals surface area contributed by atoms with Gasteiger partial charge in [0.05, 0.1) is 12.5 Å². The Labute approximate surface area is 124 Å². The normalized spacial score (nSPS) is 23.8. The molecule has 1 fully saturated rings. The van der Waals surface area contributed by atoms with Crippen LogP contribution >= 0.6 is 23.2 Å². The molecule has 110 valence electrons. The Bertz CT molecular complexity index is 347. The Hall–Kier alpha value is -0.480. The lowest BCUT2D eigenvalue weighted by atomic mass is 10.1. The molecule has 0 spiro atoms. The Morgan fingerprint density at radius 2 is 1.79 bits per heavy atom. The predicted octanol–water partition coefficient (Wildman–Crippen LogP) is 2.81. The van der Waals surface area contributed by atoms with Gasteiger partial charge in [-0.2, -0.15) is 0 Å². The molecule has 1 rings (SSSR count). The van der Waals surface area contributed by atoms with Crippen LogP contribution in [0.4, 0.5) is 0 Å². The van der Waals surface area contributed by atoms with Crippen LogP contribution in [0.5, 0.6) is 0 Å². The Balaban J connectivity index is 2.00. The van der Waals surface area contributed by atoms with E-state index in [-0.39, 0.29) is 11.9 Å². The summed E-state index contributed by atoms with van der Waals surface area (Å²) >= 11 is 11.9. The van der Waals surface area contributed by atoms with Gasteiger partial charge in [-0.25, -0.2) is 0 Å². The lowest BCUT2D eigenvalue weighted by Crippen LogP contribution is -2.33. The summed E-state index contributed by atoms with van der Waals surface area (Å²) in [5.41, 5.74) is -0.638. The number of hydrogen-bond acceptors (Lipinski definition) is 3. The summed E-state index contributed by atoms with van der Waals surface area (Å²) in [5, 5.41) is 2.85. The molecule has 0 radical (unpaired) electrons. The number of ether oxygens (including phenoxy) is 1. The third-order valence-corrected chi connectivity index (χ3v) is 4.68. The van der Waals surface area contributed by atoms with E-state index in [0.29, 0.717) is 19.4 Å². The van der Waals surface area contributed by atoms with E-state index in [1.54, 1.807) is 6.92 Å². The van der Waals surface area contributed by atoms with Crippen molar-refractivity contribution in [2.24, 2.45) is 5.41 Å². The molecule has 1 amide bonds. The monoisotopic (exact) mass is 309 g/mol. The van der Waals surface area contributed by atoms with Crippen LogP contribution in [0.3, 0.4) is 0 Å². The molecule has 1 aliphatic carbocycles. The molecule has 6 heteroatoms. The fraction of sp³-hybridized carbons (Fsp3) is 0.846. The van der Waals surface area contributed by atoms with Crippen molar-refractivity contribution in [3.8, 4) is 0 Å². The van der Waals surface area contributed by atoms with Gasteiger partial charge in [0.1, 0.15) is 4.33 Å². The fourth-order valence-electron chi connectivity index (χ4n) is 1.89. The van der Waals surface area contributed by atoms with E-state index in [1.807, 2.05) is 0 Å². The molecule has 19 heavy (non-hydrogen) atoms. The first-order valence-corrected chi connectivity index (χ1v) is 7.32. The number of esters is 1. The summed E-state index contributed by atoms with van der Waals surface area (Å²) in [6.07, 6.45) is 4.61. The summed E-state index contributed by atoms with van der Waals surface area (Å²) in [4.78, 5) is 22.7. The number of hydrogen-bond donors (Lipinski definition) is 1. The zero-order valence-electron chi connectivity index (χ0n) is 11.4. The van der Waals surface area contributed by atoms with E-state index in [0.717, 1.165) is 25.7 Å². The zero-order valence-corrected chi connectivity index (χ0v) is 12.9. The van der Waals surface area contributed by atoms with Gasteiger partial charge in [0.2, 0.25) is 5.91 Å². The molecule has 1 N–H and O–H groups in total. The van der Waals surface area contributed by atoms with E-state index >= 15 is 0 Å². The second-order valence-electron chi connectivity index (χ2n) is 5.21. The standard InChI is InChI=1S/C13H21Cl2NO3/c1-12(9-13(12,14)15)11(18)16-8-6-4-3-5-7-10(17)19-2/h3-9H2,1-2H3,(H,16,18). The minimum Gasteiger partial charge on any atom is -0.469 e. The molecule has 0 aromatic carbocycles. The van der Waals surface area contributed by atoms with Gasteiger partial charge in [0, 0.05) is 13.0 Å². The van der Waals surface area contributed by atoms with Crippen LogP contribution < -0.4 is 5.32 Å². The molecular weight excluding hydrogens is 289 g/mol. The highest BCUT2D eigenvalue weighted by Crippen LogP contribution is 2.63. The molecule has 0 aromatic heterocycles. The van der Waals surface area contributed by atoms with Crippen LogP contribution in [-0.4, -0.2) is 29.9 Å². The molecule has 0 heterocycles. The van der Waals surface area contributed by atoms with Gasteiger partial charge >= 0.3 is 5.97 Å². The molecule has 0 aromatic rings. The first-order valence-electron chi connectivity index (χ1n) is 6.56. The summed E-state index contributed by atoms with van der Waals surface area (Å²) in [5.74, 6) is -0.248. The minimum absolute atomic E-state index is 0.0768. The van der Waals surface area contributed by atoms with E-state index in [9.17, 15) is 9.59 Å². The maximum absolute atomic E-state index is 11.8. The molecule has 0 saturated heterocycles. The van der Waals surface area contributed by atoms with Crippen molar-refractivity contribution in [1.29, 1.82) is 0 Å². The van der Waals surface area contributed by atoms with E-state index < -0.39 is 9.75 Å². The maximum Gasteiger partial charge on any atom is 0.305 e. The van der Waals surface area contributed by atoms with Crippen molar-refractivity contribution < 1.29 is 14.3 Å². The quantitative estimate of drug-likeness (QED) is 0.426. The smallest absolute Gasteiger partial charge is 0.305 e. The van der Waals surface area contributed by atoms with Crippen LogP contribution in [0.25, 0.3) is 0 Å². The fourth-order valence-corrected chi connectivity index (χ4v) is 2.60. The highest BCUT2D eigenvalue weighted by Gasteiger charge is 2.67.